The Morgan fingerprint density at radius 2 is 2.07 bits per heavy atom. The molecule has 3 heterocycles. The van der Waals surface area contributed by atoms with Crippen LogP contribution in [0.1, 0.15) is 16.1 Å². The molecule has 1 atom stereocenters. The fraction of sp³-hybridized carbons (Fsp3) is 0.400. The van der Waals surface area contributed by atoms with Crippen molar-refractivity contribution in [1.82, 2.24) is 5.32 Å². The van der Waals surface area contributed by atoms with E-state index in [4.69, 9.17) is 11.6 Å². The maximum Gasteiger partial charge on any atom is 0.261 e. The van der Waals surface area contributed by atoms with E-state index in [1.165, 1.54) is 17.4 Å². The lowest BCUT2D eigenvalue weighted by Crippen LogP contribution is -2.40. The molecule has 0 bridgehead atoms. The van der Waals surface area contributed by atoms with Gasteiger partial charge >= 0.3 is 0 Å². The number of benzene rings is 1. The van der Waals surface area contributed by atoms with E-state index >= 15 is 0 Å². The summed E-state index contributed by atoms with van der Waals surface area (Å²) in [4.78, 5) is 28.6. The van der Waals surface area contributed by atoms with Crippen molar-refractivity contribution in [2.45, 2.75) is 6.42 Å². The third-order valence-corrected chi connectivity index (χ3v) is 7.82. The topological polar surface area (TPSA) is 75.7 Å². The highest BCUT2D eigenvalue weighted by molar-refractivity contribution is 7.91. The Balaban J connectivity index is 1.37. The number of rotatable bonds is 5. The summed E-state index contributed by atoms with van der Waals surface area (Å²) in [5, 5.41) is 2.84. The van der Waals surface area contributed by atoms with Crippen molar-refractivity contribution in [1.29, 1.82) is 0 Å². The third-order valence-electron chi connectivity index (χ3n) is 5.31. The fourth-order valence-corrected chi connectivity index (χ4v) is 5.74. The lowest BCUT2D eigenvalue weighted by molar-refractivity contribution is -0.117. The van der Waals surface area contributed by atoms with Gasteiger partial charge in [-0.05, 0) is 30.3 Å². The van der Waals surface area contributed by atoms with Gasteiger partial charge in [0.25, 0.3) is 5.91 Å². The molecule has 30 heavy (non-hydrogen) atoms. The number of thiophene rings is 1. The van der Waals surface area contributed by atoms with Gasteiger partial charge in [0.1, 0.15) is 17.3 Å². The lowest BCUT2D eigenvalue weighted by atomic mass is 10.1. The first-order valence-corrected chi connectivity index (χ1v) is 12.3. The normalized spacial score (nSPS) is 20.1. The maximum absolute atomic E-state index is 14.7. The highest BCUT2D eigenvalue weighted by Gasteiger charge is 2.32. The first-order valence-electron chi connectivity index (χ1n) is 9.64. The third kappa shape index (κ3) is 4.74. The van der Waals surface area contributed by atoms with Gasteiger partial charge in [-0.3, -0.25) is 9.59 Å². The number of halogens is 2. The summed E-state index contributed by atoms with van der Waals surface area (Å²) in [6, 6.07) is 8.15. The highest BCUT2D eigenvalue weighted by Crippen LogP contribution is 2.30. The zero-order valence-electron chi connectivity index (χ0n) is 16.1. The van der Waals surface area contributed by atoms with Gasteiger partial charge in [-0.1, -0.05) is 22.8 Å². The average Bonchev–Trinajstić information content (AvgIpc) is 3.32. The van der Waals surface area contributed by atoms with Crippen LogP contribution in [0.25, 0.3) is 0 Å². The van der Waals surface area contributed by atoms with Crippen molar-refractivity contribution < 1.29 is 18.5 Å². The molecule has 2 aliphatic heterocycles. The van der Waals surface area contributed by atoms with E-state index in [9.17, 15) is 18.5 Å². The van der Waals surface area contributed by atoms with Gasteiger partial charge in [-0.25, -0.2) is 4.39 Å². The van der Waals surface area contributed by atoms with Gasteiger partial charge in [-0.2, -0.15) is 0 Å². The number of hydrogen-bond acceptors (Lipinski definition) is 5. The molecule has 1 aromatic heterocycles. The summed E-state index contributed by atoms with van der Waals surface area (Å²) in [6.45, 7) is 1.90. The average molecular weight is 470 g/mol. The quantitative estimate of drug-likeness (QED) is 0.683. The number of carbonyl (C=O) groups is 2. The Morgan fingerprint density at radius 3 is 2.73 bits per heavy atom. The van der Waals surface area contributed by atoms with Crippen LogP contribution in [0.5, 0.6) is 0 Å². The second-order valence-electron chi connectivity index (χ2n) is 7.36. The molecule has 1 N–H and O–H groups in total. The molecule has 160 valence electrons. The molecular formula is C20H21ClFN3O3S2. The molecule has 2 saturated heterocycles. The van der Waals surface area contributed by atoms with Crippen molar-refractivity contribution in [2.75, 3.05) is 47.5 Å². The van der Waals surface area contributed by atoms with Crippen LogP contribution in [0.4, 0.5) is 15.8 Å². The molecule has 4 rings (SSSR count). The van der Waals surface area contributed by atoms with E-state index in [0.29, 0.717) is 64.7 Å². The zero-order chi connectivity index (χ0) is 21.3. The SMILES string of the molecule is O=C(NC[C@@H]1CC(=O)N(c2ccc(N3CC[S+]([O-])CC3)c(F)c2)C1)c1ccc(Cl)s1. The summed E-state index contributed by atoms with van der Waals surface area (Å²) in [7, 11) is 0. The number of nitrogens with one attached hydrogen (secondary N) is 1. The van der Waals surface area contributed by atoms with Gasteiger partial charge in [0, 0.05) is 31.1 Å². The van der Waals surface area contributed by atoms with E-state index in [1.54, 1.807) is 29.2 Å². The molecule has 2 amide bonds. The van der Waals surface area contributed by atoms with Gasteiger partial charge in [0.15, 0.2) is 0 Å². The highest BCUT2D eigenvalue weighted by atomic mass is 35.5. The number of anilines is 2. The zero-order valence-corrected chi connectivity index (χ0v) is 18.5. The first kappa shape index (κ1) is 21.4. The largest absolute Gasteiger partial charge is 0.616 e. The molecule has 1 aromatic carbocycles. The van der Waals surface area contributed by atoms with Gasteiger partial charge in [-0.15, -0.1) is 11.3 Å². The molecule has 2 aromatic rings. The Morgan fingerprint density at radius 1 is 1.30 bits per heavy atom. The fourth-order valence-electron chi connectivity index (χ4n) is 3.73. The molecule has 0 spiro atoms. The van der Waals surface area contributed by atoms with Crippen LogP contribution in [0.2, 0.25) is 4.34 Å². The van der Waals surface area contributed by atoms with Gasteiger partial charge < -0.3 is 19.7 Å². The van der Waals surface area contributed by atoms with Gasteiger partial charge in [0.2, 0.25) is 5.91 Å². The molecular weight excluding hydrogens is 449 g/mol. The molecule has 0 saturated carbocycles. The number of carbonyl (C=O) groups excluding carboxylic acids is 2. The lowest BCUT2D eigenvalue weighted by Gasteiger charge is -2.30. The minimum absolute atomic E-state index is 0.0447. The second kappa shape index (κ2) is 9.13. The predicted octanol–water partition coefficient (Wildman–Crippen LogP) is 2.89. The molecule has 6 nitrogen and oxygen atoms in total. The van der Waals surface area contributed by atoms with Crippen molar-refractivity contribution in [3.05, 3.63) is 45.4 Å². The Kier molecular flexibility index (Phi) is 6.52. The molecule has 0 unspecified atom stereocenters. The number of nitrogens with zero attached hydrogens (tertiary/aromatic N) is 2. The van der Waals surface area contributed by atoms with Crippen LogP contribution >= 0.6 is 22.9 Å². The summed E-state index contributed by atoms with van der Waals surface area (Å²) in [6.07, 6.45) is 0.298. The number of hydrogen-bond donors (Lipinski definition) is 1. The van der Waals surface area contributed by atoms with E-state index in [2.05, 4.69) is 5.32 Å². The smallest absolute Gasteiger partial charge is 0.261 e. The van der Waals surface area contributed by atoms with Crippen LogP contribution in [0, 0.1) is 11.7 Å². The standard InChI is InChI=1S/C20H21ClFN3O3S2/c21-18-4-3-17(29-18)20(27)23-11-13-9-19(26)25(12-13)14-1-2-16(15(22)10-14)24-5-7-30(28)8-6-24/h1-4,10,13H,5-9,11-12H2,(H,23,27)/t13-/m0/s1. The first-order chi connectivity index (χ1) is 14.4. The van der Waals surface area contributed by atoms with Crippen LogP contribution in [0.15, 0.2) is 30.3 Å². The van der Waals surface area contributed by atoms with Crippen molar-refractivity contribution >= 4 is 57.3 Å². The molecule has 0 radical (unpaired) electrons. The molecule has 10 heteroatoms. The Labute approximate surface area is 186 Å². The van der Waals surface area contributed by atoms with Gasteiger partial charge in [0.05, 0.1) is 28.0 Å². The molecule has 0 aliphatic carbocycles. The molecule has 2 aliphatic rings. The van der Waals surface area contributed by atoms with Crippen molar-refractivity contribution in [2.24, 2.45) is 5.92 Å². The van der Waals surface area contributed by atoms with Crippen LogP contribution in [-0.4, -0.2) is 54.1 Å². The number of amides is 2. The second-order valence-corrected chi connectivity index (χ2v) is 10.8. The van der Waals surface area contributed by atoms with Crippen LogP contribution in [-0.2, 0) is 16.0 Å². The van der Waals surface area contributed by atoms with Crippen molar-refractivity contribution in [3.63, 3.8) is 0 Å². The monoisotopic (exact) mass is 469 g/mol. The van der Waals surface area contributed by atoms with E-state index in [-0.39, 0.29) is 23.5 Å². The van der Waals surface area contributed by atoms with Crippen LogP contribution < -0.4 is 15.1 Å². The summed E-state index contributed by atoms with van der Waals surface area (Å²) in [5.74, 6) is 0.342. The Hall–Kier alpha value is -1.81. The van der Waals surface area contributed by atoms with E-state index < -0.39 is 11.2 Å². The predicted molar refractivity (Wildman–Crippen MR) is 119 cm³/mol. The van der Waals surface area contributed by atoms with Crippen molar-refractivity contribution in [3.8, 4) is 0 Å². The summed E-state index contributed by atoms with van der Waals surface area (Å²) >= 11 is 6.24. The van der Waals surface area contributed by atoms with E-state index in [0.717, 1.165) is 0 Å². The molecule has 2 fully saturated rings. The summed E-state index contributed by atoms with van der Waals surface area (Å²) < 4.78 is 26.8. The maximum atomic E-state index is 14.7. The van der Waals surface area contributed by atoms with Crippen LogP contribution in [0.3, 0.4) is 0 Å². The Bertz CT molecular complexity index is 949. The van der Waals surface area contributed by atoms with E-state index in [1.807, 2.05) is 4.90 Å². The summed E-state index contributed by atoms with van der Waals surface area (Å²) in [5.41, 5.74) is 0.987. The minimum atomic E-state index is -0.826. The minimum Gasteiger partial charge on any atom is -0.616 e.